The molecule has 3 nitrogen and oxygen atoms in total. The Hall–Kier alpha value is -0.530. The molecule has 4 heteroatoms. The molecule has 0 aliphatic carbocycles. The summed E-state index contributed by atoms with van der Waals surface area (Å²) in [7, 11) is -2.80. The van der Waals surface area contributed by atoms with E-state index in [9.17, 15) is 8.42 Å². The summed E-state index contributed by atoms with van der Waals surface area (Å²) in [6.07, 6.45) is 10.9. The SMILES string of the molecule is C#CCN(CCCCCC)C1CCS(=O)(=O)C1. The summed E-state index contributed by atoms with van der Waals surface area (Å²) in [5, 5.41) is 0. The first-order valence-electron chi connectivity index (χ1n) is 6.47. The van der Waals surface area contributed by atoms with E-state index in [2.05, 4.69) is 17.7 Å². The highest BCUT2D eigenvalue weighted by Gasteiger charge is 2.31. The van der Waals surface area contributed by atoms with Crippen LogP contribution in [0.15, 0.2) is 0 Å². The Morgan fingerprint density at radius 1 is 1.35 bits per heavy atom. The van der Waals surface area contributed by atoms with Gasteiger partial charge in [0.05, 0.1) is 18.1 Å². The monoisotopic (exact) mass is 257 g/mol. The molecule has 1 saturated heterocycles. The van der Waals surface area contributed by atoms with E-state index in [1.807, 2.05) is 0 Å². The molecule has 1 aliphatic heterocycles. The molecular formula is C13H23NO2S. The van der Waals surface area contributed by atoms with Gasteiger partial charge < -0.3 is 0 Å². The van der Waals surface area contributed by atoms with E-state index in [0.717, 1.165) is 19.4 Å². The molecule has 1 heterocycles. The van der Waals surface area contributed by atoms with Gasteiger partial charge in [0.2, 0.25) is 0 Å². The van der Waals surface area contributed by atoms with Crippen molar-refractivity contribution in [1.82, 2.24) is 4.90 Å². The summed E-state index contributed by atoms with van der Waals surface area (Å²) in [4.78, 5) is 2.17. The molecule has 0 radical (unpaired) electrons. The van der Waals surface area contributed by atoms with Gasteiger partial charge in [-0.25, -0.2) is 8.42 Å². The first-order valence-corrected chi connectivity index (χ1v) is 8.29. The molecule has 0 aromatic carbocycles. The minimum atomic E-state index is -2.80. The Morgan fingerprint density at radius 2 is 2.12 bits per heavy atom. The predicted molar refractivity (Wildman–Crippen MR) is 71.6 cm³/mol. The van der Waals surface area contributed by atoms with Crippen LogP contribution in [0.25, 0.3) is 0 Å². The lowest BCUT2D eigenvalue weighted by atomic mass is 10.1. The molecule has 0 aromatic heterocycles. The van der Waals surface area contributed by atoms with Crippen molar-refractivity contribution in [2.24, 2.45) is 0 Å². The van der Waals surface area contributed by atoms with Crippen LogP contribution in [0.4, 0.5) is 0 Å². The van der Waals surface area contributed by atoms with Crippen molar-refractivity contribution in [3.8, 4) is 12.3 Å². The number of hydrogen-bond donors (Lipinski definition) is 0. The fraction of sp³-hybridized carbons (Fsp3) is 0.846. The lowest BCUT2D eigenvalue weighted by Gasteiger charge is -2.25. The van der Waals surface area contributed by atoms with Crippen LogP contribution in [0.3, 0.4) is 0 Å². The normalized spacial score (nSPS) is 22.8. The molecule has 1 aliphatic rings. The number of nitrogens with zero attached hydrogens (tertiary/aromatic N) is 1. The number of rotatable bonds is 7. The zero-order valence-corrected chi connectivity index (χ0v) is 11.5. The van der Waals surface area contributed by atoms with E-state index >= 15 is 0 Å². The molecule has 17 heavy (non-hydrogen) atoms. The standard InChI is InChI=1S/C13H23NO2S/c1-3-5-6-7-10-14(9-4-2)13-8-11-17(15,16)12-13/h2,13H,3,5-12H2,1H3. The Balaban J connectivity index is 2.41. The maximum atomic E-state index is 11.4. The third kappa shape index (κ3) is 5.10. The van der Waals surface area contributed by atoms with Gasteiger partial charge in [-0.05, 0) is 19.4 Å². The summed E-state index contributed by atoms with van der Waals surface area (Å²) < 4.78 is 22.9. The molecule has 1 fully saturated rings. The van der Waals surface area contributed by atoms with Crippen LogP contribution in [0, 0.1) is 12.3 Å². The number of sulfone groups is 1. The van der Waals surface area contributed by atoms with E-state index in [0.29, 0.717) is 18.1 Å². The van der Waals surface area contributed by atoms with Crippen LogP contribution in [0.1, 0.15) is 39.0 Å². The summed E-state index contributed by atoms with van der Waals surface area (Å²) in [6, 6.07) is 0.151. The molecule has 98 valence electrons. The highest BCUT2D eigenvalue weighted by atomic mass is 32.2. The van der Waals surface area contributed by atoms with Crippen molar-refractivity contribution >= 4 is 9.84 Å². The second-order valence-electron chi connectivity index (χ2n) is 4.79. The number of terminal acetylenes is 1. The van der Waals surface area contributed by atoms with Gasteiger partial charge in [0.25, 0.3) is 0 Å². The summed E-state index contributed by atoms with van der Waals surface area (Å²) in [6.45, 7) is 3.69. The molecule has 1 rings (SSSR count). The van der Waals surface area contributed by atoms with Crippen molar-refractivity contribution in [2.45, 2.75) is 45.1 Å². The van der Waals surface area contributed by atoms with Crippen molar-refractivity contribution in [3.63, 3.8) is 0 Å². The largest absolute Gasteiger partial charge is 0.288 e. The minimum Gasteiger partial charge on any atom is -0.288 e. The zero-order valence-electron chi connectivity index (χ0n) is 10.7. The topological polar surface area (TPSA) is 37.4 Å². The highest BCUT2D eigenvalue weighted by Crippen LogP contribution is 2.18. The molecule has 1 unspecified atom stereocenters. The van der Waals surface area contributed by atoms with Gasteiger partial charge in [0, 0.05) is 6.04 Å². The second-order valence-corrected chi connectivity index (χ2v) is 7.02. The van der Waals surface area contributed by atoms with E-state index in [1.165, 1.54) is 19.3 Å². The Labute approximate surface area is 105 Å². The predicted octanol–water partition coefficient (Wildman–Crippen LogP) is 1.69. The number of unbranched alkanes of at least 4 members (excludes halogenated alkanes) is 3. The molecule has 0 N–H and O–H groups in total. The maximum Gasteiger partial charge on any atom is 0.151 e. The van der Waals surface area contributed by atoms with Gasteiger partial charge >= 0.3 is 0 Å². The quantitative estimate of drug-likeness (QED) is 0.514. The van der Waals surface area contributed by atoms with Crippen molar-refractivity contribution < 1.29 is 8.42 Å². The molecule has 0 bridgehead atoms. The zero-order chi connectivity index (χ0) is 12.7. The van der Waals surface area contributed by atoms with Gasteiger partial charge in [-0.2, -0.15) is 0 Å². The fourth-order valence-electron chi connectivity index (χ4n) is 2.31. The first-order chi connectivity index (χ1) is 8.09. The lowest BCUT2D eigenvalue weighted by Crippen LogP contribution is -2.37. The molecule has 0 spiro atoms. The maximum absolute atomic E-state index is 11.4. The van der Waals surface area contributed by atoms with Gasteiger partial charge in [-0.3, -0.25) is 4.90 Å². The number of hydrogen-bond acceptors (Lipinski definition) is 3. The second kappa shape index (κ2) is 7.03. The third-order valence-corrected chi connectivity index (χ3v) is 5.07. The molecule has 1 atom stereocenters. The van der Waals surface area contributed by atoms with Crippen LogP contribution >= 0.6 is 0 Å². The average molecular weight is 257 g/mol. The summed E-state index contributed by atoms with van der Waals surface area (Å²) in [5.74, 6) is 3.27. The van der Waals surface area contributed by atoms with Gasteiger partial charge in [-0.1, -0.05) is 32.1 Å². The van der Waals surface area contributed by atoms with Crippen molar-refractivity contribution in [1.29, 1.82) is 0 Å². The molecule has 0 amide bonds. The van der Waals surface area contributed by atoms with E-state index in [4.69, 9.17) is 6.42 Å². The van der Waals surface area contributed by atoms with Crippen molar-refractivity contribution in [3.05, 3.63) is 0 Å². The Morgan fingerprint density at radius 3 is 2.65 bits per heavy atom. The first kappa shape index (κ1) is 14.5. The van der Waals surface area contributed by atoms with E-state index in [-0.39, 0.29) is 6.04 Å². The lowest BCUT2D eigenvalue weighted by molar-refractivity contribution is 0.233. The van der Waals surface area contributed by atoms with E-state index in [1.54, 1.807) is 0 Å². The molecule has 0 aromatic rings. The smallest absolute Gasteiger partial charge is 0.151 e. The van der Waals surface area contributed by atoms with Crippen LogP contribution < -0.4 is 0 Å². The van der Waals surface area contributed by atoms with Crippen LogP contribution in [0.2, 0.25) is 0 Å². The average Bonchev–Trinajstić information content (AvgIpc) is 2.63. The Kier molecular flexibility index (Phi) is 6.01. The summed E-state index contributed by atoms with van der Waals surface area (Å²) in [5.41, 5.74) is 0. The molecule has 0 saturated carbocycles. The molecular weight excluding hydrogens is 234 g/mol. The van der Waals surface area contributed by atoms with Gasteiger partial charge in [0.1, 0.15) is 0 Å². The fourth-order valence-corrected chi connectivity index (χ4v) is 4.07. The highest BCUT2D eigenvalue weighted by molar-refractivity contribution is 7.91. The van der Waals surface area contributed by atoms with E-state index < -0.39 is 9.84 Å². The van der Waals surface area contributed by atoms with Crippen LogP contribution in [0.5, 0.6) is 0 Å². The minimum absolute atomic E-state index is 0.151. The van der Waals surface area contributed by atoms with Crippen molar-refractivity contribution in [2.75, 3.05) is 24.6 Å². The third-order valence-electron chi connectivity index (χ3n) is 3.32. The van der Waals surface area contributed by atoms with Crippen LogP contribution in [-0.4, -0.2) is 44.0 Å². The van der Waals surface area contributed by atoms with Gasteiger partial charge in [0.15, 0.2) is 9.84 Å². The summed E-state index contributed by atoms with van der Waals surface area (Å²) >= 11 is 0. The van der Waals surface area contributed by atoms with Gasteiger partial charge in [-0.15, -0.1) is 6.42 Å². The Bertz CT molecular complexity index is 356. The van der Waals surface area contributed by atoms with Crippen LogP contribution in [-0.2, 0) is 9.84 Å².